The summed E-state index contributed by atoms with van der Waals surface area (Å²) in [6.07, 6.45) is 0.592. The number of fused-ring (bicyclic) bond motifs is 5. The van der Waals surface area contributed by atoms with Crippen LogP contribution in [0.4, 0.5) is 0 Å². The highest BCUT2D eigenvalue weighted by atomic mass is 16.5. The number of carbonyl (C=O) groups excluding carboxylic acids is 1. The highest BCUT2D eigenvalue weighted by molar-refractivity contribution is 6.16. The van der Waals surface area contributed by atoms with Gasteiger partial charge >= 0.3 is 11.7 Å². The Labute approximate surface area is 159 Å². The summed E-state index contributed by atoms with van der Waals surface area (Å²) in [6.45, 7) is 1.22. The van der Waals surface area contributed by atoms with Gasteiger partial charge in [-0.3, -0.25) is 13.8 Å². The molecule has 0 radical (unpaired) electrons. The lowest BCUT2D eigenvalue weighted by atomic mass is 9.96. The molecule has 3 heterocycles. The Kier molecular flexibility index (Phi) is 3.57. The van der Waals surface area contributed by atoms with Crippen molar-refractivity contribution in [3.8, 4) is 0 Å². The molecule has 2 aromatic carbocycles. The third kappa shape index (κ3) is 2.16. The van der Waals surface area contributed by atoms with Gasteiger partial charge in [-0.05, 0) is 37.9 Å². The number of aromatic nitrogens is 2. The van der Waals surface area contributed by atoms with E-state index in [0.29, 0.717) is 42.6 Å². The summed E-state index contributed by atoms with van der Waals surface area (Å²) in [6, 6.07) is 9.00. The Balaban J connectivity index is 1.97. The summed E-state index contributed by atoms with van der Waals surface area (Å²) in [7, 11) is 3.81. The molecule has 0 atom stereocenters. The van der Waals surface area contributed by atoms with Crippen LogP contribution >= 0.6 is 0 Å². The summed E-state index contributed by atoms with van der Waals surface area (Å²) in [5.41, 5.74) is 2.15. The van der Waals surface area contributed by atoms with E-state index in [1.165, 1.54) is 4.57 Å². The van der Waals surface area contributed by atoms with Crippen LogP contribution < -0.4 is 11.2 Å². The lowest BCUT2D eigenvalue weighted by Crippen LogP contribution is -2.39. The first-order chi connectivity index (χ1) is 13.5. The molecule has 0 aliphatic carbocycles. The van der Waals surface area contributed by atoms with Gasteiger partial charge in [0.15, 0.2) is 0 Å². The van der Waals surface area contributed by atoms with Crippen molar-refractivity contribution in [3.05, 3.63) is 62.3 Å². The predicted molar refractivity (Wildman–Crippen MR) is 107 cm³/mol. The zero-order valence-electron chi connectivity index (χ0n) is 15.7. The number of hydrogen-bond acceptors (Lipinski definition) is 5. The maximum absolute atomic E-state index is 13.3. The van der Waals surface area contributed by atoms with Crippen molar-refractivity contribution < 1.29 is 9.53 Å². The van der Waals surface area contributed by atoms with Crippen LogP contribution in [-0.4, -0.2) is 47.1 Å². The predicted octanol–water partition coefficient (Wildman–Crippen LogP) is 1.48. The highest BCUT2D eigenvalue weighted by Gasteiger charge is 2.25. The molecular formula is C21H19N3O4. The van der Waals surface area contributed by atoms with Crippen LogP contribution in [-0.2, 0) is 17.7 Å². The topological polar surface area (TPSA) is 73.0 Å². The Morgan fingerprint density at radius 2 is 1.86 bits per heavy atom. The number of benzene rings is 2. The first kappa shape index (κ1) is 16.9. The molecule has 142 valence electrons. The Bertz CT molecular complexity index is 1380. The van der Waals surface area contributed by atoms with Gasteiger partial charge in [-0.15, -0.1) is 0 Å². The van der Waals surface area contributed by atoms with E-state index in [1.54, 1.807) is 22.6 Å². The molecule has 2 aromatic heterocycles. The molecule has 5 rings (SSSR count). The molecule has 0 saturated heterocycles. The minimum atomic E-state index is -0.344. The molecule has 0 bridgehead atoms. The summed E-state index contributed by atoms with van der Waals surface area (Å²) in [4.78, 5) is 40.4. The van der Waals surface area contributed by atoms with E-state index in [4.69, 9.17) is 4.74 Å². The third-order valence-corrected chi connectivity index (χ3v) is 5.53. The normalized spacial score (nSPS) is 14.3. The fraction of sp³-hybridized carbons (Fsp3) is 0.286. The van der Waals surface area contributed by atoms with Crippen molar-refractivity contribution in [1.29, 1.82) is 0 Å². The number of hydrogen-bond donors (Lipinski definition) is 0. The van der Waals surface area contributed by atoms with Crippen LogP contribution in [0.1, 0.15) is 15.9 Å². The molecule has 0 saturated carbocycles. The molecule has 0 fully saturated rings. The van der Waals surface area contributed by atoms with Crippen molar-refractivity contribution in [1.82, 2.24) is 13.9 Å². The number of esters is 1. The van der Waals surface area contributed by atoms with Crippen molar-refractivity contribution in [3.63, 3.8) is 0 Å². The largest absolute Gasteiger partial charge is 0.462 e. The Morgan fingerprint density at radius 3 is 2.64 bits per heavy atom. The number of cyclic esters (lactones) is 1. The highest BCUT2D eigenvalue weighted by Crippen LogP contribution is 2.35. The van der Waals surface area contributed by atoms with E-state index >= 15 is 0 Å². The van der Waals surface area contributed by atoms with Crippen LogP contribution in [0.25, 0.3) is 27.2 Å². The van der Waals surface area contributed by atoms with E-state index < -0.39 is 0 Å². The molecule has 1 aliphatic heterocycles. The van der Waals surface area contributed by atoms with E-state index in [9.17, 15) is 14.4 Å². The maximum atomic E-state index is 13.3. The molecule has 0 N–H and O–H groups in total. The lowest BCUT2D eigenvalue weighted by Gasteiger charge is -2.16. The summed E-state index contributed by atoms with van der Waals surface area (Å²) in [5.74, 6) is -0.343. The molecule has 0 spiro atoms. The molecular weight excluding hydrogens is 358 g/mol. The van der Waals surface area contributed by atoms with Gasteiger partial charge in [0, 0.05) is 30.3 Å². The van der Waals surface area contributed by atoms with E-state index in [1.807, 2.05) is 31.1 Å². The van der Waals surface area contributed by atoms with Gasteiger partial charge in [0.05, 0.1) is 28.6 Å². The fourth-order valence-electron chi connectivity index (χ4n) is 4.22. The van der Waals surface area contributed by atoms with Gasteiger partial charge in [0.2, 0.25) is 0 Å². The summed E-state index contributed by atoms with van der Waals surface area (Å²) in [5, 5.41) is 2.20. The third-order valence-electron chi connectivity index (χ3n) is 5.53. The molecule has 1 aliphatic rings. The monoisotopic (exact) mass is 377 g/mol. The molecule has 7 nitrogen and oxygen atoms in total. The van der Waals surface area contributed by atoms with Crippen molar-refractivity contribution in [2.75, 3.05) is 27.2 Å². The quantitative estimate of drug-likeness (QED) is 0.506. The van der Waals surface area contributed by atoms with E-state index in [2.05, 4.69) is 0 Å². The second-order valence-corrected chi connectivity index (χ2v) is 7.45. The Hall–Kier alpha value is -3.19. The smallest absolute Gasteiger partial charge is 0.338 e. The number of nitrogens with zero attached hydrogens (tertiary/aromatic N) is 3. The standard InChI is InChI=1S/C21H19N3O4/c1-22(2)9-10-23-19(25)15-5-3-4-14-17-12-8-11-28-20(26)13(12)6-7-16(17)24(18(14)15)21(23)27/h3-7H,8-11H2,1-2H3. The van der Waals surface area contributed by atoms with Crippen molar-refractivity contribution in [2.24, 2.45) is 0 Å². The van der Waals surface area contributed by atoms with Crippen molar-refractivity contribution in [2.45, 2.75) is 13.0 Å². The van der Waals surface area contributed by atoms with E-state index in [-0.39, 0.29) is 17.2 Å². The molecule has 0 amide bonds. The zero-order valence-corrected chi connectivity index (χ0v) is 15.7. The number of rotatable bonds is 3. The second-order valence-electron chi connectivity index (χ2n) is 7.45. The summed E-state index contributed by atoms with van der Waals surface area (Å²) >= 11 is 0. The van der Waals surface area contributed by atoms with E-state index in [0.717, 1.165) is 21.9 Å². The first-order valence-electron chi connectivity index (χ1n) is 9.26. The fourth-order valence-corrected chi connectivity index (χ4v) is 4.22. The molecule has 4 aromatic rings. The number of ether oxygens (including phenoxy) is 1. The first-order valence-corrected chi connectivity index (χ1v) is 9.26. The Morgan fingerprint density at radius 1 is 1.07 bits per heavy atom. The SMILES string of the molecule is CN(C)CCn1c(=O)c2cccc3c4c5c(ccc4n(c1=O)c23)C(=O)OCC5. The van der Waals surface area contributed by atoms with Gasteiger partial charge in [-0.2, -0.15) is 0 Å². The lowest BCUT2D eigenvalue weighted by molar-refractivity contribution is 0.0481. The van der Waals surface area contributed by atoms with Crippen LogP contribution in [0.2, 0.25) is 0 Å². The van der Waals surface area contributed by atoms with Gasteiger partial charge in [0.25, 0.3) is 5.56 Å². The number of para-hydroxylation sites is 1. The van der Waals surface area contributed by atoms with Crippen molar-refractivity contribution >= 4 is 33.2 Å². The molecule has 0 unspecified atom stereocenters. The average Bonchev–Trinajstić information content (AvgIpc) is 3.02. The second kappa shape index (κ2) is 5.90. The zero-order chi connectivity index (χ0) is 19.6. The van der Waals surface area contributed by atoms with Gasteiger partial charge in [-0.25, -0.2) is 9.59 Å². The van der Waals surface area contributed by atoms with Gasteiger partial charge in [0.1, 0.15) is 0 Å². The maximum Gasteiger partial charge on any atom is 0.338 e. The number of likely N-dealkylation sites (N-methyl/N-ethyl adjacent to an activating group) is 1. The molecule has 7 heteroatoms. The minimum absolute atomic E-state index is 0.277. The van der Waals surface area contributed by atoms with Gasteiger partial charge in [-0.1, -0.05) is 12.1 Å². The minimum Gasteiger partial charge on any atom is -0.462 e. The molecule has 28 heavy (non-hydrogen) atoms. The van der Waals surface area contributed by atoms with Crippen LogP contribution in [0, 0.1) is 0 Å². The van der Waals surface area contributed by atoms with Gasteiger partial charge < -0.3 is 9.64 Å². The van der Waals surface area contributed by atoms with Crippen LogP contribution in [0.5, 0.6) is 0 Å². The summed E-state index contributed by atoms with van der Waals surface area (Å²) < 4.78 is 8.09. The number of carbonyl (C=O) groups is 1. The van der Waals surface area contributed by atoms with Crippen LogP contribution in [0.15, 0.2) is 39.9 Å². The average molecular weight is 377 g/mol. The van der Waals surface area contributed by atoms with Crippen LogP contribution in [0.3, 0.4) is 0 Å².